The number of nitrogens with zero attached hydrogens (tertiary/aromatic N) is 4. The van der Waals surface area contributed by atoms with Crippen LogP contribution in [0.5, 0.6) is 11.8 Å². The van der Waals surface area contributed by atoms with E-state index in [1.165, 1.54) is 0 Å². The van der Waals surface area contributed by atoms with Gasteiger partial charge in [-0.1, -0.05) is 26.0 Å². The predicted octanol–water partition coefficient (Wildman–Crippen LogP) is 4.17. The molecule has 14 heteroatoms. The smallest absolute Gasteiger partial charge is 0.422 e. The largest absolute Gasteiger partial charge is 0.492 e. The van der Waals surface area contributed by atoms with E-state index < -0.39 is 18.8 Å². The van der Waals surface area contributed by atoms with Crippen molar-refractivity contribution in [3.05, 3.63) is 59.7 Å². The molecule has 42 heavy (non-hydrogen) atoms. The van der Waals surface area contributed by atoms with Crippen LogP contribution < -0.4 is 25.4 Å². The van der Waals surface area contributed by atoms with Gasteiger partial charge in [0.25, 0.3) is 5.91 Å². The third-order valence-corrected chi connectivity index (χ3v) is 6.08. The number of aromatic nitrogens is 3. The van der Waals surface area contributed by atoms with Gasteiger partial charge in [-0.15, -0.1) is 0 Å². The molecule has 0 radical (unpaired) electrons. The Hall–Kier alpha value is -4.62. The van der Waals surface area contributed by atoms with E-state index in [4.69, 9.17) is 9.47 Å². The summed E-state index contributed by atoms with van der Waals surface area (Å²) >= 11 is 0. The maximum absolute atomic E-state index is 12.8. The van der Waals surface area contributed by atoms with Crippen LogP contribution in [0.4, 0.5) is 30.8 Å². The summed E-state index contributed by atoms with van der Waals surface area (Å²) in [5, 5.41) is 8.72. The lowest BCUT2D eigenvalue weighted by Crippen LogP contribution is -2.39. The van der Waals surface area contributed by atoms with Crippen LogP contribution in [0.2, 0.25) is 0 Å². The number of hydrogen-bond acceptors (Lipinski definition) is 9. The Morgan fingerprint density at radius 3 is 2.40 bits per heavy atom. The highest BCUT2D eigenvalue weighted by atomic mass is 19.4. The van der Waals surface area contributed by atoms with Gasteiger partial charge in [-0.25, -0.2) is 0 Å². The van der Waals surface area contributed by atoms with Gasteiger partial charge in [0.05, 0.1) is 6.54 Å². The van der Waals surface area contributed by atoms with E-state index in [1.54, 1.807) is 41.3 Å². The van der Waals surface area contributed by atoms with Gasteiger partial charge in [0.15, 0.2) is 6.61 Å². The first kappa shape index (κ1) is 30.3. The number of carbonyl (C=O) groups excluding carboxylic acids is 2. The lowest BCUT2D eigenvalue weighted by Gasteiger charge is -2.24. The topological polar surface area (TPSA) is 131 Å². The minimum Gasteiger partial charge on any atom is -0.492 e. The molecule has 4 aliphatic rings. The molecule has 3 aromatic rings. The lowest BCUT2D eigenvalue weighted by atomic mass is 10.1. The number of anilines is 3. The molecule has 0 saturated carbocycles. The van der Waals surface area contributed by atoms with E-state index in [1.807, 2.05) is 26.0 Å². The number of halogens is 3. The molecule has 0 fully saturated rings. The first-order valence-electron chi connectivity index (χ1n) is 13.4. The molecular weight excluding hydrogens is 555 g/mol. The van der Waals surface area contributed by atoms with Gasteiger partial charge in [0.2, 0.25) is 17.8 Å². The summed E-state index contributed by atoms with van der Waals surface area (Å²) in [6.07, 6.45) is -4.01. The van der Waals surface area contributed by atoms with Crippen LogP contribution in [0.1, 0.15) is 36.2 Å². The lowest BCUT2D eigenvalue weighted by molar-refractivity contribution is -0.154. The molecule has 11 nitrogen and oxygen atoms in total. The Bertz CT molecular complexity index is 1350. The standard InChI is InChI=1S/C28H32F3N7O4/c1-18(2)24(40)38-13-3-12-32-23(39)20-6-8-21(9-7-20)34-26-35-25(36-27(37-26)42-17-28(29,30)31)33-16-19-4-10-22(11-5-19)41-15-14-38/h4-11,18H,3,12-17H2,1-2H3,(H,32,39)(H2,33,34,35,36,37). The van der Waals surface area contributed by atoms with E-state index in [0.29, 0.717) is 43.1 Å². The van der Waals surface area contributed by atoms with Crippen molar-refractivity contribution in [1.29, 1.82) is 0 Å². The number of carbonyl (C=O) groups is 2. The van der Waals surface area contributed by atoms with Gasteiger partial charge in [-0.3, -0.25) is 9.59 Å². The average Bonchev–Trinajstić information content (AvgIpc) is 2.96. The van der Waals surface area contributed by atoms with Crippen molar-refractivity contribution < 1.29 is 32.2 Å². The number of amides is 2. The maximum atomic E-state index is 12.8. The molecular formula is C28H32F3N7O4. The summed E-state index contributed by atoms with van der Waals surface area (Å²) in [6, 6.07) is 13.1. The summed E-state index contributed by atoms with van der Waals surface area (Å²) in [5.74, 6) is 0.0991. The minimum absolute atomic E-state index is 0.00528. The molecule has 2 aromatic carbocycles. The van der Waals surface area contributed by atoms with Gasteiger partial charge in [0.1, 0.15) is 12.4 Å². The Morgan fingerprint density at radius 1 is 1.00 bits per heavy atom. The van der Waals surface area contributed by atoms with Crippen molar-refractivity contribution in [2.45, 2.75) is 33.0 Å². The molecule has 0 unspecified atom stereocenters. The van der Waals surface area contributed by atoms with Crippen molar-refractivity contribution in [2.75, 3.05) is 43.5 Å². The molecule has 6 bridgehead atoms. The van der Waals surface area contributed by atoms with E-state index in [0.717, 1.165) is 5.56 Å². The molecule has 7 rings (SSSR count). The third-order valence-electron chi connectivity index (χ3n) is 6.08. The summed E-state index contributed by atoms with van der Waals surface area (Å²) < 4.78 is 48.9. The van der Waals surface area contributed by atoms with Gasteiger partial charge in [-0.2, -0.15) is 28.1 Å². The Morgan fingerprint density at radius 2 is 1.71 bits per heavy atom. The van der Waals surface area contributed by atoms with E-state index in [9.17, 15) is 22.8 Å². The number of nitrogens with one attached hydrogen (secondary N) is 3. The molecule has 5 heterocycles. The molecule has 224 valence electrons. The highest BCUT2D eigenvalue weighted by Crippen LogP contribution is 2.21. The van der Waals surface area contributed by atoms with Crippen molar-refractivity contribution in [1.82, 2.24) is 25.2 Å². The van der Waals surface area contributed by atoms with Crippen molar-refractivity contribution in [3.8, 4) is 11.8 Å². The second-order valence-corrected chi connectivity index (χ2v) is 9.81. The zero-order chi connectivity index (χ0) is 30.1. The first-order chi connectivity index (χ1) is 20.1. The summed E-state index contributed by atoms with van der Waals surface area (Å²) in [6.45, 7) is 3.88. The molecule has 2 amide bonds. The summed E-state index contributed by atoms with van der Waals surface area (Å²) in [5.41, 5.74) is 1.72. The second kappa shape index (κ2) is 13.8. The van der Waals surface area contributed by atoms with Crippen LogP contribution in [-0.2, 0) is 11.3 Å². The quantitative estimate of drug-likeness (QED) is 0.413. The van der Waals surface area contributed by atoms with Crippen LogP contribution >= 0.6 is 0 Å². The van der Waals surface area contributed by atoms with Gasteiger partial charge >= 0.3 is 12.2 Å². The molecule has 0 spiro atoms. The first-order valence-corrected chi connectivity index (χ1v) is 13.4. The predicted molar refractivity (Wildman–Crippen MR) is 149 cm³/mol. The van der Waals surface area contributed by atoms with Crippen molar-refractivity contribution >= 4 is 29.4 Å². The van der Waals surface area contributed by atoms with E-state index in [-0.39, 0.29) is 42.8 Å². The average molecular weight is 588 g/mol. The Labute approximate surface area is 240 Å². The Kier molecular flexibility index (Phi) is 9.99. The highest BCUT2D eigenvalue weighted by Gasteiger charge is 2.29. The fourth-order valence-electron chi connectivity index (χ4n) is 3.97. The SMILES string of the molecule is CC(C)C(=O)N1CCCNC(=O)c2ccc(cc2)Nc2nc(nc(OCC(F)(F)F)n2)NCc2ccc(cc2)OCC1. The zero-order valence-corrected chi connectivity index (χ0v) is 23.2. The van der Waals surface area contributed by atoms with Crippen molar-refractivity contribution in [3.63, 3.8) is 0 Å². The summed E-state index contributed by atoms with van der Waals surface area (Å²) in [7, 11) is 0. The van der Waals surface area contributed by atoms with Crippen LogP contribution in [0.15, 0.2) is 48.5 Å². The third kappa shape index (κ3) is 9.21. The van der Waals surface area contributed by atoms with Crippen LogP contribution in [0.25, 0.3) is 0 Å². The van der Waals surface area contributed by atoms with Crippen LogP contribution in [-0.4, -0.2) is 70.7 Å². The van der Waals surface area contributed by atoms with Gasteiger partial charge in [-0.05, 0) is 48.4 Å². The van der Waals surface area contributed by atoms with Crippen molar-refractivity contribution in [2.24, 2.45) is 5.92 Å². The number of hydrogen-bond donors (Lipinski definition) is 3. The number of alkyl halides is 3. The fourth-order valence-corrected chi connectivity index (χ4v) is 3.97. The molecule has 3 N–H and O–H groups in total. The normalized spacial score (nSPS) is 14.9. The molecule has 4 aliphatic heterocycles. The Balaban J connectivity index is 1.56. The zero-order valence-electron chi connectivity index (χ0n) is 23.2. The van der Waals surface area contributed by atoms with Gasteiger partial charge < -0.3 is 30.3 Å². The minimum atomic E-state index is -4.57. The number of ether oxygens (including phenoxy) is 2. The molecule has 0 atom stereocenters. The van der Waals surface area contributed by atoms with Crippen LogP contribution in [0, 0.1) is 5.92 Å². The molecule has 0 aliphatic carbocycles. The van der Waals surface area contributed by atoms with E-state index >= 15 is 0 Å². The molecule has 0 saturated heterocycles. The maximum Gasteiger partial charge on any atom is 0.422 e. The molecule has 1 aromatic heterocycles. The van der Waals surface area contributed by atoms with Gasteiger partial charge in [0, 0.05) is 36.8 Å². The monoisotopic (exact) mass is 587 g/mol. The second-order valence-electron chi connectivity index (χ2n) is 9.81. The number of rotatable bonds is 3. The fraction of sp³-hybridized carbons (Fsp3) is 0.393. The van der Waals surface area contributed by atoms with Crippen LogP contribution in [0.3, 0.4) is 0 Å². The summed E-state index contributed by atoms with van der Waals surface area (Å²) in [4.78, 5) is 39.2. The van der Waals surface area contributed by atoms with E-state index in [2.05, 4.69) is 30.9 Å². The number of benzene rings is 2. The highest BCUT2D eigenvalue weighted by molar-refractivity contribution is 5.94.